The molecule has 0 aliphatic carbocycles. The Morgan fingerprint density at radius 3 is 2.41 bits per heavy atom. The predicted molar refractivity (Wildman–Crippen MR) is 101 cm³/mol. The van der Waals surface area contributed by atoms with Crippen LogP contribution < -0.4 is 5.32 Å². The predicted octanol–water partition coefficient (Wildman–Crippen LogP) is 1.73. The van der Waals surface area contributed by atoms with E-state index in [-0.39, 0.29) is 10.8 Å². The Labute approximate surface area is 159 Å². The zero-order valence-corrected chi connectivity index (χ0v) is 16.5. The van der Waals surface area contributed by atoms with E-state index in [1.165, 1.54) is 16.4 Å². The summed E-state index contributed by atoms with van der Waals surface area (Å²) in [6.45, 7) is 5.96. The van der Waals surface area contributed by atoms with Gasteiger partial charge in [0.15, 0.2) is 0 Å². The largest absolute Gasteiger partial charge is 0.361 e. The molecule has 1 aromatic carbocycles. The molecule has 1 aromatic heterocycles. The van der Waals surface area contributed by atoms with Crippen LogP contribution in [-0.2, 0) is 16.4 Å². The Balaban J connectivity index is 1.73. The molecule has 2 heterocycles. The van der Waals surface area contributed by atoms with Gasteiger partial charge >= 0.3 is 0 Å². The van der Waals surface area contributed by atoms with E-state index in [2.05, 4.69) is 15.4 Å². The lowest BCUT2D eigenvalue weighted by molar-refractivity contribution is 0.102. The summed E-state index contributed by atoms with van der Waals surface area (Å²) in [5.41, 5.74) is 1.53. The van der Waals surface area contributed by atoms with Crippen molar-refractivity contribution in [3.05, 3.63) is 41.3 Å². The van der Waals surface area contributed by atoms with E-state index in [0.29, 0.717) is 55.3 Å². The maximum atomic E-state index is 12.7. The van der Waals surface area contributed by atoms with Gasteiger partial charge in [-0.15, -0.1) is 0 Å². The van der Waals surface area contributed by atoms with Gasteiger partial charge in [-0.1, -0.05) is 12.1 Å². The summed E-state index contributed by atoms with van der Waals surface area (Å²) in [5, 5.41) is 6.65. The van der Waals surface area contributed by atoms with Gasteiger partial charge in [0.2, 0.25) is 10.0 Å². The van der Waals surface area contributed by atoms with Gasteiger partial charge in [-0.2, -0.15) is 4.31 Å². The van der Waals surface area contributed by atoms with Crippen molar-refractivity contribution in [3.63, 3.8) is 0 Å². The monoisotopic (exact) mass is 392 g/mol. The van der Waals surface area contributed by atoms with Gasteiger partial charge in [0.1, 0.15) is 11.3 Å². The lowest BCUT2D eigenvalue weighted by atomic mass is 10.1. The van der Waals surface area contributed by atoms with E-state index < -0.39 is 10.0 Å². The highest BCUT2D eigenvalue weighted by Crippen LogP contribution is 2.21. The number of rotatable bonds is 5. The third kappa shape index (κ3) is 4.05. The van der Waals surface area contributed by atoms with Gasteiger partial charge in [0.25, 0.3) is 5.91 Å². The van der Waals surface area contributed by atoms with Crippen LogP contribution in [-0.4, -0.2) is 61.9 Å². The SMILES string of the molecule is CCc1noc(C)c1C(=O)Nc1ccc(S(=O)(=O)N2CCN(C)CC2)cc1. The molecule has 8 nitrogen and oxygen atoms in total. The summed E-state index contributed by atoms with van der Waals surface area (Å²) in [4.78, 5) is 14.8. The zero-order valence-electron chi connectivity index (χ0n) is 15.7. The van der Waals surface area contributed by atoms with Crippen molar-refractivity contribution < 1.29 is 17.7 Å². The number of carbonyl (C=O) groups is 1. The highest BCUT2D eigenvalue weighted by Gasteiger charge is 2.27. The number of benzene rings is 1. The Morgan fingerprint density at radius 1 is 1.19 bits per heavy atom. The molecule has 0 saturated carbocycles. The second-order valence-electron chi connectivity index (χ2n) is 6.60. The smallest absolute Gasteiger partial charge is 0.261 e. The Kier molecular flexibility index (Phi) is 5.64. The van der Waals surface area contributed by atoms with Crippen LogP contribution in [0.1, 0.15) is 28.7 Å². The Bertz CT molecular complexity index is 913. The standard InChI is InChI=1S/C18H24N4O4S/c1-4-16-17(13(2)26-20-16)18(23)19-14-5-7-15(8-6-14)27(24,25)22-11-9-21(3)10-12-22/h5-8H,4,9-12H2,1-3H3,(H,19,23). The number of likely N-dealkylation sites (N-methyl/N-ethyl adjacent to an activating group) is 1. The topological polar surface area (TPSA) is 95.8 Å². The summed E-state index contributed by atoms with van der Waals surface area (Å²) in [6, 6.07) is 6.22. The first kappa shape index (κ1) is 19.5. The molecule has 1 saturated heterocycles. The Hall–Kier alpha value is -2.23. The molecule has 1 aliphatic heterocycles. The van der Waals surface area contributed by atoms with Crippen molar-refractivity contribution in [1.29, 1.82) is 0 Å². The summed E-state index contributed by atoms with van der Waals surface area (Å²) in [7, 11) is -1.55. The molecule has 0 unspecified atom stereocenters. The van der Waals surface area contributed by atoms with Crippen LogP contribution in [0, 0.1) is 6.92 Å². The van der Waals surface area contributed by atoms with E-state index in [0.717, 1.165) is 0 Å². The van der Waals surface area contributed by atoms with E-state index in [1.54, 1.807) is 19.1 Å². The first-order chi connectivity index (χ1) is 12.8. The number of hydrogen-bond acceptors (Lipinski definition) is 6. The number of nitrogens with zero attached hydrogens (tertiary/aromatic N) is 3. The molecule has 0 atom stereocenters. The third-order valence-corrected chi connectivity index (χ3v) is 6.62. The quantitative estimate of drug-likeness (QED) is 0.833. The molecule has 9 heteroatoms. The number of aromatic nitrogens is 1. The molecule has 27 heavy (non-hydrogen) atoms. The first-order valence-electron chi connectivity index (χ1n) is 8.88. The second-order valence-corrected chi connectivity index (χ2v) is 8.54. The molecule has 1 amide bonds. The van der Waals surface area contributed by atoms with Gasteiger partial charge < -0.3 is 14.7 Å². The van der Waals surface area contributed by atoms with Gasteiger partial charge in [0, 0.05) is 31.9 Å². The fourth-order valence-corrected chi connectivity index (χ4v) is 4.45. The molecular weight excluding hydrogens is 368 g/mol. The molecule has 1 N–H and O–H groups in total. The summed E-state index contributed by atoms with van der Waals surface area (Å²) >= 11 is 0. The van der Waals surface area contributed by atoms with Crippen LogP contribution in [0.3, 0.4) is 0 Å². The van der Waals surface area contributed by atoms with Crippen molar-refractivity contribution in [2.45, 2.75) is 25.2 Å². The van der Waals surface area contributed by atoms with Crippen LogP contribution in [0.25, 0.3) is 0 Å². The number of nitrogens with one attached hydrogen (secondary N) is 1. The van der Waals surface area contributed by atoms with Crippen molar-refractivity contribution in [2.75, 3.05) is 38.5 Å². The molecule has 1 aliphatic rings. The van der Waals surface area contributed by atoms with Crippen LogP contribution in [0.5, 0.6) is 0 Å². The maximum Gasteiger partial charge on any atom is 0.261 e. The van der Waals surface area contributed by atoms with Gasteiger partial charge in [-0.05, 0) is 44.7 Å². The number of amides is 1. The number of anilines is 1. The second kappa shape index (κ2) is 7.79. The van der Waals surface area contributed by atoms with Crippen LogP contribution in [0.4, 0.5) is 5.69 Å². The summed E-state index contributed by atoms with van der Waals surface area (Å²) in [5.74, 6) is 0.138. The lowest BCUT2D eigenvalue weighted by Gasteiger charge is -2.31. The zero-order chi connectivity index (χ0) is 19.6. The van der Waals surface area contributed by atoms with E-state index in [4.69, 9.17) is 4.52 Å². The molecule has 0 bridgehead atoms. The fourth-order valence-electron chi connectivity index (χ4n) is 3.03. The fraction of sp³-hybridized carbons (Fsp3) is 0.444. The molecule has 146 valence electrons. The van der Waals surface area contributed by atoms with Gasteiger partial charge in [-0.3, -0.25) is 4.79 Å². The number of carbonyl (C=O) groups excluding carboxylic acids is 1. The first-order valence-corrected chi connectivity index (χ1v) is 10.3. The Morgan fingerprint density at radius 2 is 1.81 bits per heavy atom. The highest BCUT2D eigenvalue weighted by molar-refractivity contribution is 7.89. The molecule has 0 spiro atoms. The van der Waals surface area contributed by atoms with Crippen LogP contribution in [0.15, 0.2) is 33.7 Å². The molecule has 2 aromatic rings. The van der Waals surface area contributed by atoms with Crippen LogP contribution in [0.2, 0.25) is 0 Å². The maximum absolute atomic E-state index is 12.7. The van der Waals surface area contributed by atoms with Crippen molar-refractivity contribution in [1.82, 2.24) is 14.4 Å². The summed E-state index contributed by atoms with van der Waals surface area (Å²) < 4.78 is 32.1. The molecule has 3 rings (SSSR count). The average molecular weight is 392 g/mol. The minimum absolute atomic E-state index is 0.223. The van der Waals surface area contributed by atoms with Gasteiger partial charge in [0.05, 0.1) is 10.6 Å². The van der Waals surface area contributed by atoms with Crippen LogP contribution >= 0.6 is 0 Å². The lowest BCUT2D eigenvalue weighted by Crippen LogP contribution is -2.46. The van der Waals surface area contributed by atoms with Crippen molar-refractivity contribution in [3.8, 4) is 0 Å². The third-order valence-electron chi connectivity index (χ3n) is 4.71. The average Bonchev–Trinajstić information content (AvgIpc) is 3.03. The highest BCUT2D eigenvalue weighted by atomic mass is 32.2. The van der Waals surface area contributed by atoms with Crippen molar-refractivity contribution >= 4 is 21.6 Å². The van der Waals surface area contributed by atoms with E-state index in [1.807, 2.05) is 14.0 Å². The molecule has 1 fully saturated rings. The van der Waals surface area contributed by atoms with Crippen molar-refractivity contribution in [2.24, 2.45) is 0 Å². The van der Waals surface area contributed by atoms with E-state index >= 15 is 0 Å². The van der Waals surface area contributed by atoms with Gasteiger partial charge in [-0.25, -0.2) is 8.42 Å². The molecule has 0 radical (unpaired) electrons. The normalized spacial score (nSPS) is 16.4. The number of hydrogen-bond donors (Lipinski definition) is 1. The minimum Gasteiger partial charge on any atom is -0.361 e. The minimum atomic E-state index is -3.52. The number of piperazine rings is 1. The number of sulfonamides is 1. The summed E-state index contributed by atoms with van der Waals surface area (Å²) in [6.07, 6.45) is 0.586. The number of aryl methyl sites for hydroxylation is 2. The molecular formula is C18H24N4O4S. The van der Waals surface area contributed by atoms with E-state index in [9.17, 15) is 13.2 Å².